The van der Waals surface area contributed by atoms with Gasteiger partial charge in [0.1, 0.15) is 11.4 Å². The molecule has 28 heavy (non-hydrogen) atoms. The van der Waals surface area contributed by atoms with E-state index in [1.807, 2.05) is 31.2 Å². The van der Waals surface area contributed by atoms with E-state index in [-0.39, 0.29) is 18.0 Å². The molecule has 146 valence electrons. The lowest BCUT2D eigenvalue weighted by Gasteiger charge is -2.22. The summed E-state index contributed by atoms with van der Waals surface area (Å²) in [5.74, 6) is 0.581. The normalized spacial score (nSPS) is 10.8. The molecule has 2 heterocycles. The number of carbonyl (C=O) groups excluding carboxylic acids is 1. The van der Waals surface area contributed by atoms with E-state index in [0.29, 0.717) is 24.4 Å². The van der Waals surface area contributed by atoms with Gasteiger partial charge in [0, 0.05) is 29.2 Å². The minimum atomic E-state index is -0.188. The first-order chi connectivity index (χ1) is 13.6. The molecule has 6 heteroatoms. The summed E-state index contributed by atoms with van der Waals surface area (Å²) in [5, 5.41) is 0.876. The number of aromatic nitrogens is 2. The van der Waals surface area contributed by atoms with Crippen LogP contribution in [0, 0.1) is 0 Å². The Balaban J connectivity index is 1.92. The maximum Gasteiger partial charge on any atom is 0.272 e. The molecule has 2 aromatic heterocycles. The summed E-state index contributed by atoms with van der Waals surface area (Å²) in [4.78, 5) is 34.2. The smallest absolute Gasteiger partial charge is 0.272 e. The highest BCUT2D eigenvalue weighted by atomic mass is 16.5. The van der Waals surface area contributed by atoms with Gasteiger partial charge < -0.3 is 14.6 Å². The summed E-state index contributed by atoms with van der Waals surface area (Å²) < 4.78 is 5.55. The molecule has 0 unspecified atom stereocenters. The van der Waals surface area contributed by atoms with Crippen LogP contribution in [0.4, 0.5) is 0 Å². The van der Waals surface area contributed by atoms with Crippen LogP contribution in [0.1, 0.15) is 42.7 Å². The first-order valence-electron chi connectivity index (χ1n) is 9.61. The van der Waals surface area contributed by atoms with Gasteiger partial charge in [-0.05, 0) is 49.7 Å². The Hall–Kier alpha value is -3.15. The molecule has 0 bridgehead atoms. The fourth-order valence-corrected chi connectivity index (χ4v) is 3.06. The standard InChI is InChI=1S/C22H25N3O3/c1-3-5-12-25(22(27)20-8-6-7-11-23-20)15-17-13-16-14-18(28-4-2)9-10-19(16)24-21(17)26/h6-11,13-14H,3-5,12,15H2,1-2H3,(H,24,26). The number of hydrogen-bond donors (Lipinski definition) is 1. The van der Waals surface area contributed by atoms with E-state index in [1.54, 1.807) is 29.3 Å². The molecule has 0 saturated heterocycles. The number of carbonyl (C=O) groups is 1. The number of unbranched alkanes of at least 4 members (excludes halogenated alkanes) is 1. The topological polar surface area (TPSA) is 75.3 Å². The maximum absolute atomic E-state index is 12.9. The summed E-state index contributed by atoms with van der Waals surface area (Å²) in [5.41, 5.74) is 1.48. The first kappa shape index (κ1) is 19.6. The fraction of sp³-hybridized carbons (Fsp3) is 0.318. The Bertz CT molecular complexity index is 999. The highest BCUT2D eigenvalue weighted by molar-refractivity contribution is 5.92. The van der Waals surface area contributed by atoms with Gasteiger partial charge in [0.2, 0.25) is 0 Å². The number of fused-ring (bicyclic) bond motifs is 1. The van der Waals surface area contributed by atoms with Gasteiger partial charge in [0.15, 0.2) is 0 Å². The minimum absolute atomic E-state index is 0.170. The van der Waals surface area contributed by atoms with Crippen LogP contribution in [0.15, 0.2) is 53.5 Å². The fourth-order valence-electron chi connectivity index (χ4n) is 3.06. The van der Waals surface area contributed by atoms with Gasteiger partial charge in [-0.2, -0.15) is 0 Å². The summed E-state index contributed by atoms with van der Waals surface area (Å²) in [6.07, 6.45) is 3.42. The predicted octanol–water partition coefficient (Wildman–Crippen LogP) is 3.76. The second-order valence-electron chi connectivity index (χ2n) is 6.60. The SMILES string of the molecule is CCCCN(Cc1cc2cc(OCC)ccc2[nH]c1=O)C(=O)c1ccccn1. The van der Waals surface area contributed by atoms with Gasteiger partial charge in [0.25, 0.3) is 11.5 Å². The van der Waals surface area contributed by atoms with Crippen molar-refractivity contribution in [1.29, 1.82) is 0 Å². The van der Waals surface area contributed by atoms with Crippen molar-refractivity contribution in [3.63, 3.8) is 0 Å². The number of hydrogen-bond acceptors (Lipinski definition) is 4. The Labute approximate surface area is 164 Å². The number of ether oxygens (including phenoxy) is 1. The number of pyridine rings is 2. The van der Waals surface area contributed by atoms with Crippen molar-refractivity contribution in [1.82, 2.24) is 14.9 Å². The monoisotopic (exact) mass is 379 g/mol. The third-order valence-electron chi connectivity index (χ3n) is 4.52. The average molecular weight is 379 g/mol. The van der Waals surface area contributed by atoms with E-state index < -0.39 is 0 Å². The molecule has 0 aliphatic rings. The number of nitrogens with zero attached hydrogens (tertiary/aromatic N) is 2. The van der Waals surface area contributed by atoms with Gasteiger partial charge in [-0.3, -0.25) is 14.6 Å². The summed E-state index contributed by atoms with van der Waals surface area (Å²) in [6, 6.07) is 12.7. The highest BCUT2D eigenvalue weighted by Crippen LogP contribution is 2.20. The van der Waals surface area contributed by atoms with Crippen molar-refractivity contribution >= 4 is 16.8 Å². The van der Waals surface area contributed by atoms with E-state index in [0.717, 1.165) is 29.5 Å². The number of aromatic amines is 1. The van der Waals surface area contributed by atoms with Crippen molar-refractivity contribution in [3.8, 4) is 5.75 Å². The Morgan fingerprint density at radius 2 is 2.04 bits per heavy atom. The maximum atomic E-state index is 12.9. The van der Waals surface area contributed by atoms with E-state index in [2.05, 4.69) is 16.9 Å². The van der Waals surface area contributed by atoms with E-state index in [4.69, 9.17) is 4.74 Å². The van der Waals surface area contributed by atoms with Gasteiger partial charge >= 0.3 is 0 Å². The third-order valence-corrected chi connectivity index (χ3v) is 4.52. The van der Waals surface area contributed by atoms with Crippen LogP contribution in [-0.4, -0.2) is 33.9 Å². The zero-order chi connectivity index (χ0) is 19.9. The molecule has 0 aliphatic heterocycles. The van der Waals surface area contributed by atoms with Crippen LogP contribution in [0.2, 0.25) is 0 Å². The Morgan fingerprint density at radius 1 is 1.18 bits per heavy atom. The second-order valence-corrected chi connectivity index (χ2v) is 6.60. The van der Waals surface area contributed by atoms with Crippen LogP contribution in [0.25, 0.3) is 10.9 Å². The largest absolute Gasteiger partial charge is 0.494 e. The van der Waals surface area contributed by atoms with Gasteiger partial charge in [0.05, 0.1) is 13.2 Å². The van der Waals surface area contributed by atoms with Crippen molar-refractivity contribution in [3.05, 3.63) is 70.3 Å². The Kier molecular flexibility index (Phi) is 6.42. The van der Waals surface area contributed by atoms with Crippen LogP contribution >= 0.6 is 0 Å². The second kappa shape index (κ2) is 9.17. The zero-order valence-corrected chi connectivity index (χ0v) is 16.3. The Morgan fingerprint density at radius 3 is 2.75 bits per heavy atom. The van der Waals surface area contributed by atoms with E-state index in [9.17, 15) is 9.59 Å². The molecule has 0 spiro atoms. The molecule has 3 rings (SSSR count). The average Bonchev–Trinajstić information content (AvgIpc) is 2.72. The number of benzene rings is 1. The molecule has 0 atom stereocenters. The van der Waals surface area contributed by atoms with Gasteiger partial charge in [-0.25, -0.2) is 0 Å². The molecule has 0 aliphatic carbocycles. The van der Waals surface area contributed by atoms with Crippen molar-refractivity contribution in [2.75, 3.05) is 13.2 Å². The van der Waals surface area contributed by atoms with Gasteiger partial charge in [-0.15, -0.1) is 0 Å². The van der Waals surface area contributed by atoms with Crippen molar-refractivity contribution in [2.24, 2.45) is 0 Å². The molecular weight excluding hydrogens is 354 g/mol. The molecule has 6 nitrogen and oxygen atoms in total. The molecule has 1 aromatic carbocycles. The predicted molar refractivity (Wildman–Crippen MR) is 110 cm³/mol. The molecular formula is C22H25N3O3. The van der Waals surface area contributed by atoms with Crippen LogP contribution in [0.5, 0.6) is 5.75 Å². The quantitative estimate of drug-likeness (QED) is 0.646. The third kappa shape index (κ3) is 4.57. The van der Waals surface area contributed by atoms with Crippen LogP contribution in [0.3, 0.4) is 0 Å². The molecule has 0 fully saturated rings. The first-order valence-corrected chi connectivity index (χ1v) is 9.61. The van der Waals surface area contributed by atoms with E-state index >= 15 is 0 Å². The highest BCUT2D eigenvalue weighted by Gasteiger charge is 2.18. The lowest BCUT2D eigenvalue weighted by molar-refractivity contribution is 0.0734. The lowest BCUT2D eigenvalue weighted by atomic mass is 10.1. The molecule has 0 saturated carbocycles. The summed E-state index contributed by atoms with van der Waals surface area (Å²) >= 11 is 0. The molecule has 1 N–H and O–H groups in total. The molecule has 0 radical (unpaired) electrons. The number of nitrogens with one attached hydrogen (secondary N) is 1. The number of H-pyrrole nitrogens is 1. The van der Waals surface area contributed by atoms with Crippen molar-refractivity contribution in [2.45, 2.75) is 33.2 Å². The number of amides is 1. The van der Waals surface area contributed by atoms with Crippen LogP contribution in [-0.2, 0) is 6.54 Å². The van der Waals surface area contributed by atoms with Gasteiger partial charge in [-0.1, -0.05) is 19.4 Å². The molecule has 1 amide bonds. The lowest BCUT2D eigenvalue weighted by Crippen LogP contribution is -2.34. The van der Waals surface area contributed by atoms with Crippen molar-refractivity contribution < 1.29 is 9.53 Å². The summed E-state index contributed by atoms with van der Waals surface area (Å²) in [6.45, 7) is 5.38. The minimum Gasteiger partial charge on any atom is -0.494 e. The zero-order valence-electron chi connectivity index (χ0n) is 16.3. The summed E-state index contributed by atoms with van der Waals surface area (Å²) in [7, 11) is 0. The van der Waals surface area contributed by atoms with E-state index in [1.165, 1.54) is 0 Å². The number of rotatable bonds is 8. The van der Waals surface area contributed by atoms with Crippen LogP contribution < -0.4 is 10.3 Å². The molecule has 3 aromatic rings.